The van der Waals surface area contributed by atoms with Crippen LogP contribution in [0.2, 0.25) is 0 Å². The summed E-state index contributed by atoms with van der Waals surface area (Å²) in [5.41, 5.74) is 1.35. The summed E-state index contributed by atoms with van der Waals surface area (Å²) in [6.45, 7) is -0.191. The van der Waals surface area contributed by atoms with Gasteiger partial charge in [0.05, 0.1) is 24.0 Å². The summed E-state index contributed by atoms with van der Waals surface area (Å²) in [5.74, 6) is 0.552. The van der Waals surface area contributed by atoms with Crippen molar-refractivity contribution in [2.24, 2.45) is 17.8 Å². The van der Waals surface area contributed by atoms with E-state index < -0.39 is 11.6 Å². The Morgan fingerprint density at radius 3 is 2.76 bits per heavy atom. The number of hydrogen-bond acceptors (Lipinski definition) is 6. The van der Waals surface area contributed by atoms with Gasteiger partial charge in [0, 0.05) is 23.8 Å². The average molecular weight is 398 g/mol. The number of rotatable bonds is 5. The van der Waals surface area contributed by atoms with Crippen molar-refractivity contribution in [1.82, 2.24) is 15.3 Å². The second kappa shape index (κ2) is 6.73. The van der Waals surface area contributed by atoms with Crippen molar-refractivity contribution in [1.29, 1.82) is 0 Å². The van der Waals surface area contributed by atoms with Crippen molar-refractivity contribution in [3.63, 3.8) is 0 Å². The molecular formula is C21H26N4O4. The Kier molecular flexibility index (Phi) is 4.27. The summed E-state index contributed by atoms with van der Waals surface area (Å²) in [5, 5.41) is 18.0. The molecule has 4 aliphatic rings. The van der Waals surface area contributed by atoms with Gasteiger partial charge < -0.3 is 25.5 Å². The van der Waals surface area contributed by atoms with Crippen molar-refractivity contribution in [2.75, 3.05) is 19.0 Å². The third kappa shape index (κ3) is 3.15. The molecule has 4 fully saturated rings. The Labute approximate surface area is 168 Å². The number of hydrogen-bond donors (Lipinski definition) is 4. The number of ether oxygens (including phenoxy) is 1. The van der Waals surface area contributed by atoms with Crippen molar-refractivity contribution < 1.29 is 19.4 Å². The number of pyridine rings is 1. The molecule has 154 valence electrons. The fraction of sp³-hybridized carbons (Fsp3) is 0.571. The number of esters is 1. The molecule has 0 aromatic carbocycles. The van der Waals surface area contributed by atoms with Crippen molar-refractivity contribution in [3.8, 4) is 0 Å². The third-order valence-electron chi connectivity index (χ3n) is 7.00. The minimum absolute atomic E-state index is 0.191. The van der Waals surface area contributed by atoms with Crippen LogP contribution in [0.25, 0.3) is 11.0 Å². The van der Waals surface area contributed by atoms with Crippen LogP contribution in [-0.4, -0.2) is 52.2 Å². The highest BCUT2D eigenvalue weighted by molar-refractivity contribution is 6.07. The number of nitrogens with one attached hydrogen (secondary N) is 3. The molecule has 6 rings (SSSR count). The van der Waals surface area contributed by atoms with Crippen LogP contribution in [0.5, 0.6) is 0 Å². The number of aromatic amines is 1. The largest absolute Gasteiger partial charge is 0.468 e. The number of fused-ring (bicyclic) bond motifs is 1. The summed E-state index contributed by atoms with van der Waals surface area (Å²) in [7, 11) is 1.29. The highest BCUT2D eigenvalue weighted by Crippen LogP contribution is 2.56. The molecule has 0 spiro atoms. The highest BCUT2D eigenvalue weighted by Gasteiger charge is 2.54. The summed E-state index contributed by atoms with van der Waals surface area (Å²) >= 11 is 0. The SMILES string of the molecule is COC(=O)CNC(=O)c1cnc2[nH]ccc2c1NC1C2CC3CC1CC(O)(C3)C2. The number of aliphatic hydroxyl groups is 1. The number of carbonyl (C=O) groups is 2. The quantitative estimate of drug-likeness (QED) is 0.571. The van der Waals surface area contributed by atoms with Gasteiger partial charge >= 0.3 is 5.97 Å². The minimum atomic E-state index is -0.503. The molecule has 8 nitrogen and oxygen atoms in total. The van der Waals surface area contributed by atoms with Gasteiger partial charge in [-0.15, -0.1) is 0 Å². The zero-order chi connectivity index (χ0) is 20.2. The first kappa shape index (κ1) is 18.4. The van der Waals surface area contributed by atoms with Gasteiger partial charge in [0.15, 0.2) is 0 Å². The smallest absolute Gasteiger partial charge is 0.325 e. The second-order valence-electron chi connectivity index (χ2n) is 8.91. The van der Waals surface area contributed by atoms with E-state index in [2.05, 4.69) is 25.3 Å². The van der Waals surface area contributed by atoms with Gasteiger partial charge in [0.25, 0.3) is 5.91 Å². The first-order valence-corrected chi connectivity index (χ1v) is 10.3. The van der Waals surface area contributed by atoms with E-state index in [0.29, 0.717) is 29.0 Å². The lowest BCUT2D eigenvalue weighted by Crippen LogP contribution is -2.59. The number of methoxy groups -OCH3 is 1. The Bertz CT molecular complexity index is 955. The monoisotopic (exact) mass is 398 g/mol. The number of amides is 1. The number of nitrogens with zero attached hydrogens (tertiary/aromatic N) is 1. The molecule has 0 aliphatic heterocycles. The summed E-state index contributed by atoms with van der Waals surface area (Å²) in [4.78, 5) is 31.7. The molecular weight excluding hydrogens is 372 g/mol. The molecule has 4 N–H and O–H groups in total. The maximum absolute atomic E-state index is 12.8. The van der Waals surface area contributed by atoms with Crippen molar-refractivity contribution >= 4 is 28.6 Å². The standard InChI is InChI=1S/C21H26N4O4/c1-29-16(26)10-24-20(27)15-9-23-19-14(2-3-22-19)18(15)25-17-12-4-11-5-13(17)8-21(28,6-11)7-12/h2-3,9,11-13,17,28H,4-8,10H2,1H3,(H,24,27)(H2,22,23,25). The van der Waals surface area contributed by atoms with Crippen LogP contribution in [0.15, 0.2) is 18.5 Å². The van der Waals surface area contributed by atoms with E-state index in [9.17, 15) is 14.7 Å². The number of anilines is 1. The first-order valence-electron chi connectivity index (χ1n) is 10.3. The minimum Gasteiger partial charge on any atom is -0.468 e. The summed E-state index contributed by atoms with van der Waals surface area (Å²) < 4.78 is 4.61. The average Bonchev–Trinajstić information content (AvgIpc) is 3.16. The number of carbonyl (C=O) groups excluding carboxylic acids is 2. The van der Waals surface area contributed by atoms with E-state index in [1.165, 1.54) is 13.3 Å². The predicted molar refractivity (Wildman–Crippen MR) is 106 cm³/mol. The van der Waals surface area contributed by atoms with Gasteiger partial charge in [-0.3, -0.25) is 9.59 Å². The Hall–Kier alpha value is -2.61. The molecule has 2 aromatic heterocycles. The van der Waals surface area contributed by atoms with Crippen LogP contribution in [0, 0.1) is 17.8 Å². The van der Waals surface area contributed by atoms with E-state index in [4.69, 9.17) is 0 Å². The molecule has 2 unspecified atom stereocenters. The zero-order valence-electron chi connectivity index (χ0n) is 16.4. The van der Waals surface area contributed by atoms with Crippen molar-refractivity contribution in [3.05, 3.63) is 24.0 Å². The van der Waals surface area contributed by atoms with Crippen LogP contribution in [0.4, 0.5) is 5.69 Å². The van der Waals surface area contributed by atoms with Crippen LogP contribution in [-0.2, 0) is 9.53 Å². The maximum Gasteiger partial charge on any atom is 0.325 e. The van der Waals surface area contributed by atoms with Gasteiger partial charge in [-0.25, -0.2) is 4.98 Å². The molecule has 2 heterocycles. The molecule has 2 aromatic rings. The predicted octanol–water partition coefficient (Wildman–Crippen LogP) is 1.82. The van der Waals surface area contributed by atoms with Crippen LogP contribution in [0.1, 0.15) is 42.5 Å². The molecule has 29 heavy (non-hydrogen) atoms. The Morgan fingerprint density at radius 1 is 1.31 bits per heavy atom. The first-order chi connectivity index (χ1) is 14.0. The Morgan fingerprint density at radius 2 is 2.07 bits per heavy atom. The number of aromatic nitrogens is 2. The summed E-state index contributed by atoms with van der Waals surface area (Å²) in [6, 6.07) is 2.13. The molecule has 4 bridgehead atoms. The Balaban J connectivity index is 1.45. The fourth-order valence-corrected chi connectivity index (χ4v) is 6.04. The van der Waals surface area contributed by atoms with Gasteiger partial charge in [-0.2, -0.15) is 0 Å². The normalized spacial score (nSPS) is 32.3. The van der Waals surface area contributed by atoms with Crippen molar-refractivity contribution in [2.45, 2.75) is 43.7 Å². The van der Waals surface area contributed by atoms with E-state index in [1.54, 1.807) is 6.20 Å². The zero-order valence-corrected chi connectivity index (χ0v) is 16.4. The molecule has 2 atom stereocenters. The lowest BCUT2D eigenvalue weighted by Gasteiger charge is -2.58. The summed E-state index contributed by atoms with van der Waals surface area (Å²) in [6.07, 6.45) is 8.18. The maximum atomic E-state index is 12.8. The van der Waals surface area contributed by atoms with Gasteiger partial charge in [-0.1, -0.05) is 0 Å². The molecule has 4 aliphatic carbocycles. The number of H-pyrrole nitrogens is 1. The lowest BCUT2D eigenvalue weighted by atomic mass is 9.52. The van der Waals surface area contributed by atoms with Crippen LogP contribution < -0.4 is 10.6 Å². The van der Waals surface area contributed by atoms with E-state index in [0.717, 1.165) is 43.2 Å². The third-order valence-corrected chi connectivity index (χ3v) is 7.00. The fourth-order valence-electron chi connectivity index (χ4n) is 6.04. The molecule has 8 heteroatoms. The molecule has 1 amide bonds. The molecule has 0 radical (unpaired) electrons. The molecule has 0 saturated heterocycles. The van der Waals surface area contributed by atoms with E-state index >= 15 is 0 Å². The lowest BCUT2D eigenvalue weighted by molar-refractivity contribution is -0.139. The second-order valence-corrected chi connectivity index (χ2v) is 8.91. The van der Waals surface area contributed by atoms with E-state index in [1.807, 2.05) is 6.07 Å². The van der Waals surface area contributed by atoms with Gasteiger partial charge in [0.1, 0.15) is 12.2 Å². The van der Waals surface area contributed by atoms with Crippen LogP contribution in [0.3, 0.4) is 0 Å². The highest BCUT2D eigenvalue weighted by atomic mass is 16.5. The molecule has 4 saturated carbocycles. The van der Waals surface area contributed by atoms with Gasteiger partial charge in [-0.05, 0) is 55.9 Å². The topological polar surface area (TPSA) is 116 Å². The van der Waals surface area contributed by atoms with E-state index in [-0.39, 0.29) is 18.5 Å². The van der Waals surface area contributed by atoms with Gasteiger partial charge in [0.2, 0.25) is 0 Å². The van der Waals surface area contributed by atoms with Crippen LogP contribution >= 0.6 is 0 Å².